The van der Waals surface area contributed by atoms with Crippen molar-refractivity contribution < 1.29 is 23.6 Å². The number of imide groups is 1. The standard InChI is InChI=1S/C18H23N3O5/c22-15(19-8-9-20-16(23)14-6-3-11-26-14)7-10-21-17(24)12-4-1-2-5-13(12)18(21)25/h3,6,11-13H,1-2,4-5,7-10H2,(H,19,22)(H,20,23). The van der Waals surface area contributed by atoms with Gasteiger partial charge in [0, 0.05) is 26.1 Å². The second-order valence-electron chi connectivity index (χ2n) is 6.66. The van der Waals surface area contributed by atoms with E-state index in [0.29, 0.717) is 0 Å². The van der Waals surface area contributed by atoms with Crippen LogP contribution in [-0.4, -0.2) is 48.2 Å². The van der Waals surface area contributed by atoms with Gasteiger partial charge in [-0.05, 0) is 25.0 Å². The number of rotatable bonds is 7. The van der Waals surface area contributed by atoms with Crippen molar-refractivity contribution in [3.63, 3.8) is 0 Å². The highest BCUT2D eigenvalue weighted by Crippen LogP contribution is 2.37. The third-order valence-corrected chi connectivity index (χ3v) is 4.97. The molecule has 2 fully saturated rings. The van der Waals surface area contributed by atoms with E-state index < -0.39 is 0 Å². The van der Waals surface area contributed by atoms with E-state index in [-0.39, 0.29) is 67.3 Å². The predicted molar refractivity (Wildman–Crippen MR) is 90.8 cm³/mol. The third-order valence-electron chi connectivity index (χ3n) is 4.97. The van der Waals surface area contributed by atoms with Gasteiger partial charge in [0.1, 0.15) is 0 Å². The molecule has 1 saturated carbocycles. The summed E-state index contributed by atoms with van der Waals surface area (Å²) in [6, 6.07) is 3.17. The fraction of sp³-hybridized carbons (Fsp3) is 0.556. The van der Waals surface area contributed by atoms with Gasteiger partial charge in [0.15, 0.2) is 5.76 Å². The molecule has 1 aliphatic heterocycles. The van der Waals surface area contributed by atoms with Crippen molar-refractivity contribution in [2.45, 2.75) is 32.1 Å². The number of carbonyl (C=O) groups excluding carboxylic acids is 4. The number of likely N-dealkylation sites (tertiary alicyclic amines) is 1. The molecule has 8 nitrogen and oxygen atoms in total. The molecular weight excluding hydrogens is 338 g/mol. The summed E-state index contributed by atoms with van der Waals surface area (Å²) in [6.07, 6.45) is 4.99. The molecule has 0 aromatic carbocycles. The molecule has 0 bridgehead atoms. The maximum absolute atomic E-state index is 12.3. The Balaban J connectivity index is 1.36. The van der Waals surface area contributed by atoms with Crippen LogP contribution < -0.4 is 10.6 Å². The average Bonchev–Trinajstić information content (AvgIpc) is 3.26. The molecular formula is C18H23N3O5. The van der Waals surface area contributed by atoms with Gasteiger partial charge < -0.3 is 15.1 Å². The SMILES string of the molecule is O=C(CCN1C(=O)C2CCCCC2C1=O)NCCNC(=O)c1ccco1. The van der Waals surface area contributed by atoms with Gasteiger partial charge >= 0.3 is 0 Å². The molecule has 2 unspecified atom stereocenters. The lowest BCUT2D eigenvalue weighted by Crippen LogP contribution is -2.38. The van der Waals surface area contributed by atoms with E-state index >= 15 is 0 Å². The van der Waals surface area contributed by atoms with Crippen molar-refractivity contribution in [1.82, 2.24) is 15.5 Å². The Bertz CT molecular complexity index is 661. The Morgan fingerprint density at radius 3 is 2.35 bits per heavy atom. The summed E-state index contributed by atoms with van der Waals surface area (Å²) in [7, 11) is 0. The van der Waals surface area contributed by atoms with Crippen molar-refractivity contribution in [1.29, 1.82) is 0 Å². The highest BCUT2D eigenvalue weighted by atomic mass is 16.3. The van der Waals surface area contributed by atoms with Crippen LogP contribution >= 0.6 is 0 Å². The Kier molecular flexibility index (Phi) is 5.70. The van der Waals surface area contributed by atoms with E-state index in [9.17, 15) is 19.2 Å². The number of amides is 4. The van der Waals surface area contributed by atoms with Gasteiger partial charge in [0.25, 0.3) is 5.91 Å². The summed E-state index contributed by atoms with van der Waals surface area (Å²) < 4.78 is 4.96. The predicted octanol–water partition coefficient (Wildman–Crippen LogP) is 0.691. The van der Waals surface area contributed by atoms with Crippen molar-refractivity contribution in [2.24, 2.45) is 11.8 Å². The van der Waals surface area contributed by atoms with Gasteiger partial charge in [0.2, 0.25) is 17.7 Å². The molecule has 26 heavy (non-hydrogen) atoms. The molecule has 0 radical (unpaired) electrons. The second kappa shape index (κ2) is 8.16. The fourth-order valence-corrected chi connectivity index (χ4v) is 3.63. The maximum atomic E-state index is 12.3. The molecule has 1 aliphatic carbocycles. The summed E-state index contributed by atoms with van der Waals surface area (Å²) in [6.45, 7) is 0.644. The summed E-state index contributed by atoms with van der Waals surface area (Å²) >= 11 is 0. The minimum absolute atomic E-state index is 0.0725. The van der Waals surface area contributed by atoms with E-state index in [4.69, 9.17) is 4.42 Å². The first kappa shape index (κ1) is 18.2. The van der Waals surface area contributed by atoms with Gasteiger partial charge in [-0.2, -0.15) is 0 Å². The lowest BCUT2D eigenvalue weighted by molar-refractivity contribution is -0.140. The van der Waals surface area contributed by atoms with Crippen LogP contribution in [0, 0.1) is 11.8 Å². The molecule has 2 aliphatic rings. The first-order chi connectivity index (χ1) is 12.6. The molecule has 2 heterocycles. The van der Waals surface area contributed by atoms with Crippen LogP contribution in [0.4, 0.5) is 0 Å². The lowest BCUT2D eigenvalue weighted by atomic mass is 9.81. The lowest BCUT2D eigenvalue weighted by Gasteiger charge is -2.19. The van der Waals surface area contributed by atoms with Crippen molar-refractivity contribution in [3.8, 4) is 0 Å². The van der Waals surface area contributed by atoms with Crippen molar-refractivity contribution in [3.05, 3.63) is 24.2 Å². The zero-order valence-electron chi connectivity index (χ0n) is 14.5. The molecule has 8 heteroatoms. The smallest absolute Gasteiger partial charge is 0.287 e. The number of fused-ring (bicyclic) bond motifs is 1. The Labute approximate surface area is 151 Å². The van der Waals surface area contributed by atoms with Gasteiger partial charge in [-0.25, -0.2) is 0 Å². The van der Waals surface area contributed by atoms with Crippen LogP contribution in [0.3, 0.4) is 0 Å². The van der Waals surface area contributed by atoms with Crippen LogP contribution in [0.2, 0.25) is 0 Å². The highest BCUT2D eigenvalue weighted by molar-refractivity contribution is 6.05. The number of furan rings is 1. The average molecular weight is 361 g/mol. The van der Waals surface area contributed by atoms with Crippen LogP contribution in [0.25, 0.3) is 0 Å². The quantitative estimate of drug-likeness (QED) is 0.549. The van der Waals surface area contributed by atoms with Crippen molar-refractivity contribution in [2.75, 3.05) is 19.6 Å². The number of nitrogens with one attached hydrogen (secondary N) is 2. The van der Waals surface area contributed by atoms with E-state index in [1.54, 1.807) is 12.1 Å². The molecule has 1 saturated heterocycles. The van der Waals surface area contributed by atoms with Crippen molar-refractivity contribution >= 4 is 23.6 Å². The largest absolute Gasteiger partial charge is 0.459 e. The van der Waals surface area contributed by atoms with Crippen LogP contribution in [0.5, 0.6) is 0 Å². The first-order valence-electron chi connectivity index (χ1n) is 9.01. The molecule has 2 atom stereocenters. The molecule has 4 amide bonds. The Hall–Kier alpha value is -2.64. The molecule has 140 valence electrons. The topological polar surface area (TPSA) is 109 Å². The maximum Gasteiger partial charge on any atom is 0.287 e. The van der Waals surface area contributed by atoms with E-state index in [1.807, 2.05) is 0 Å². The second-order valence-corrected chi connectivity index (χ2v) is 6.66. The Morgan fingerprint density at radius 1 is 1.08 bits per heavy atom. The molecule has 3 rings (SSSR count). The number of nitrogens with zero attached hydrogens (tertiary/aromatic N) is 1. The van der Waals surface area contributed by atoms with E-state index in [1.165, 1.54) is 11.2 Å². The molecule has 1 aromatic heterocycles. The highest BCUT2D eigenvalue weighted by Gasteiger charge is 2.47. The molecule has 1 aromatic rings. The van der Waals surface area contributed by atoms with Crippen LogP contribution in [0.15, 0.2) is 22.8 Å². The number of hydrogen-bond acceptors (Lipinski definition) is 5. The minimum atomic E-state index is -0.347. The molecule has 0 spiro atoms. The Morgan fingerprint density at radius 2 is 1.73 bits per heavy atom. The third kappa shape index (κ3) is 3.95. The van der Waals surface area contributed by atoms with E-state index in [2.05, 4.69) is 10.6 Å². The monoisotopic (exact) mass is 361 g/mol. The zero-order chi connectivity index (χ0) is 18.5. The minimum Gasteiger partial charge on any atom is -0.459 e. The summed E-state index contributed by atoms with van der Waals surface area (Å²) in [4.78, 5) is 49.5. The molecule has 2 N–H and O–H groups in total. The summed E-state index contributed by atoms with van der Waals surface area (Å²) in [5, 5.41) is 5.29. The number of hydrogen-bond donors (Lipinski definition) is 2. The summed E-state index contributed by atoms with van der Waals surface area (Å²) in [5.74, 6) is -1.01. The van der Waals surface area contributed by atoms with Gasteiger partial charge in [-0.3, -0.25) is 24.1 Å². The number of carbonyl (C=O) groups is 4. The zero-order valence-corrected chi connectivity index (χ0v) is 14.5. The van der Waals surface area contributed by atoms with Gasteiger partial charge in [0.05, 0.1) is 18.1 Å². The summed E-state index contributed by atoms with van der Waals surface area (Å²) in [5.41, 5.74) is 0. The van der Waals surface area contributed by atoms with Crippen LogP contribution in [-0.2, 0) is 14.4 Å². The first-order valence-corrected chi connectivity index (χ1v) is 9.01. The van der Waals surface area contributed by atoms with Crippen LogP contribution in [0.1, 0.15) is 42.7 Å². The van der Waals surface area contributed by atoms with Gasteiger partial charge in [-0.1, -0.05) is 12.8 Å². The normalized spacial score (nSPS) is 22.2. The van der Waals surface area contributed by atoms with Gasteiger partial charge in [-0.15, -0.1) is 0 Å². The van der Waals surface area contributed by atoms with E-state index in [0.717, 1.165) is 25.7 Å². The fourth-order valence-electron chi connectivity index (χ4n) is 3.63.